The minimum atomic E-state index is -0.631. The van der Waals surface area contributed by atoms with Gasteiger partial charge in [-0.25, -0.2) is 4.79 Å². The van der Waals surface area contributed by atoms with Crippen LogP contribution < -0.4 is 5.32 Å². The Morgan fingerprint density at radius 3 is 2.67 bits per heavy atom. The van der Waals surface area contributed by atoms with Crippen LogP contribution in [0.25, 0.3) is 0 Å². The number of aromatic amines is 1. The maximum atomic E-state index is 12.8. The molecule has 3 rings (SSSR count). The number of hydrogen-bond acceptors (Lipinski definition) is 6. The molecular formula is C18H24N6O3. The van der Waals surface area contributed by atoms with Crippen molar-refractivity contribution >= 4 is 12.0 Å². The normalized spacial score (nSPS) is 19.7. The van der Waals surface area contributed by atoms with Gasteiger partial charge in [0, 0.05) is 12.5 Å². The Morgan fingerprint density at radius 2 is 2.04 bits per heavy atom. The summed E-state index contributed by atoms with van der Waals surface area (Å²) < 4.78 is 5.50. The van der Waals surface area contributed by atoms with Gasteiger partial charge in [-0.1, -0.05) is 35.5 Å². The minimum absolute atomic E-state index is 0.0691. The average molecular weight is 372 g/mol. The molecule has 2 aromatic rings. The van der Waals surface area contributed by atoms with E-state index in [2.05, 4.69) is 25.9 Å². The molecule has 9 nitrogen and oxygen atoms in total. The van der Waals surface area contributed by atoms with Gasteiger partial charge in [-0.3, -0.25) is 9.69 Å². The third-order valence-electron chi connectivity index (χ3n) is 4.31. The molecule has 0 radical (unpaired) electrons. The van der Waals surface area contributed by atoms with Crippen LogP contribution in [0.2, 0.25) is 0 Å². The number of hydrogen-bond donors (Lipinski definition) is 2. The molecule has 1 aliphatic heterocycles. The summed E-state index contributed by atoms with van der Waals surface area (Å²) in [6.45, 7) is 5.99. The first-order valence-corrected chi connectivity index (χ1v) is 8.88. The van der Waals surface area contributed by atoms with Gasteiger partial charge in [0.05, 0.1) is 6.54 Å². The van der Waals surface area contributed by atoms with Crippen LogP contribution in [0.15, 0.2) is 30.3 Å². The van der Waals surface area contributed by atoms with E-state index in [1.54, 1.807) is 20.8 Å². The summed E-state index contributed by atoms with van der Waals surface area (Å²) in [4.78, 5) is 26.9. The highest BCUT2D eigenvalue weighted by Crippen LogP contribution is 2.33. The monoisotopic (exact) mass is 372 g/mol. The second-order valence-electron chi connectivity index (χ2n) is 7.54. The molecule has 1 aliphatic rings. The van der Waals surface area contributed by atoms with Crippen LogP contribution >= 0.6 is 0 Å². The summed E-state index contributed by atoms with van der Waals surface area (Å²) in [6, 6.07) is 9.26. The van der Waals surface area contributed by atoms with Crippen molar-refractivity contribution < 1.29 is 14.3 Å². The van der Waals surface area contributed by atoms with Gasteiger partial charge in [-0.15, -0.1) is 10.2 Å². The molecule has 1 aromatic heterocycles. The minimum Gasteiger partial charge on any atom is -0.444 e. The Morgan fingerprint density at radius 1 is 1.30 bits per heavy atom. The lowest BCUT2D eigenvalue weighted by atomic mass is 9.96. The molecule has 2 heterocycles. The molecule has 2 amide bonds. The summed E-state index contributed by atoms with van der Waals surface area (Å²) in [5.74, 6) is 0.188. The van der Waals surface area contributed by atoms with Crippen molar-refractivity contribution in [3.05, 3.63) is 41.7 Å². The number of aromatic nitrogens is 4. The van der Waals surface area contributed by atoms with E-state index in [9.17, 15) is 9.59 Å². The molecule has 1 saturated heterocycles. The average Bonchev–Trinajstić information content (AvgIpc) is 3.29. The number of rotatable bonds is 4. The molecule has 1 aromatic carbocycles. The second kappa shape index (κ2) is 7.73. The Labute approximate surface area is 157 Å². The number of nitrogens with one attached hydrogen (secondary N) is 2. The largest absolute Gasteiger partial charge is 0.444 e. The summed E-state index contributed by atoms with van der Waals surface area (Å²) in [5.41, 5.74) is 0.465. The first-order valence-electron chi connectivity index (χ1n) is 8.88. The smallest absolute Gasteiger partial charge is 0.410 e. The molecule has 0 saturated carbocycles. The zero-order chi connectivity index (χ0) is 19.4. The number of likely N-dealkylation sites (tertiary alicyclic amines) is 1. The van der Waals surface area contributed by atoms with E-state index >= 15 is 0 Å². The van der Waals surface area contributed by atoms with Crippen molar-refractivity contribution in [2.75, 3.05) is 6.54 Å². The van der Waals surface area contributed by atoms with Crippen LogP contribution in [-0.2, 0) is 16.1 Å². The molecule has 0 bridgehead atoms. The summed E-state index contributed by atoms with van der Waals surface area (Å²) in [7, 11) is 0. The number of carbonyl (C=O) groups is 2. The highest BCUT2D eigenvalue weighted by Gasteiger charge is 2.41. The number of carbonyl (C=O) groups excluding carboxylic acids is 2. The van der Waals surface area contributed by atoms with Crippen LogP contribution in [0, 0.1) is 0 Å². The third-order valence-corrected chi connectivity index (χ3v) is 4.31. The van der Waals surface area contributed by atoms with E-state index < -0.39 is 17.7 Å². The highest BCUT2D eigenvalue weighted by molar-refractivity contribution is 5.86. The van der Waals surface area contributed by atoms with Crippen LogP contribution in [0.3, 0.4) is 0 Å². The molecular weight excluding hydrogens is 348 g/mol. The molecule has 0 aliphatic carbocycles. The van der Waals surface area contributed by atoms with Crippen molar-refractivity contribution in [1.29, 1.82) is 0 Å². The van der Waals surface area contributed by atoms with Crippen molar-refractivity contribution in [3.63, 3.8) is 0 Å². The Balaban J connectivity index is 1.74. The number of tetrazole rings is 1. The predicted molar refractivity (Wildman–Crippen MR) is 96.6 cm³/mol. The predicted octanol–water partition coefficient (Wildman–Crippen LogP) is 1.61. The van der Waals surface area contributed by atoms with E-state index in [1.807, 2.05) is 30.3 Å². The number of benzene rings is 1. The van der Waals surface area contributed by atoms with Gasteiger partial charge in [0.2, 0.25) is 5.91 Å². The standard InChI is InChI=1S/C18H24N6O3/c1-18(2,3)27-17(26)24-11-13(12-7-5-4-6-8-12)9-14(24)16(25)19-10-15-20-22-23-21-15/h4-8,13-14H,9-11H2,1-3H3,(H,19,25)(H,20,21,22,23)/t13-,14+/m1/s1. The Hall–Kier alpha value is -2.97. The number of amides is 2. The van der Waals surface area contributed by atoms with E-state index in [4.69, 9.17) is 4.74 Å². The fourth-order valence-corrected chi connectivity index (χ4v) is 3.11. The van der Waals surface area contributed by atoms with E-state index in [0.717, 1.165) is 5.56 Å². The van der Waals surface area contributed by atoms with Gasteiger partial charge in [0.15, 0.2) is 5.82 Å². The van der Waals surface area contributed by atoms with E-state index in [1.165, 1.54) is 4.90 Å². The highest BCUT2D eigenvalue weighted by atomic mass is 16.6. The van der Waals surface area contributed by atoms with Gasteiger partial charge in [0.25, 0.3) is 0 Å². The molecule has 144 valence electrons. The lowest BCUT2D eigenvalue weighted by Crippen LogP contribution is -2.47. The van der Waals surface area contributed by atoms with Gasteiger partial charge in [-0.2, -0.15) is 5.21 Å². The third kappa shape index (κ3) is 4.81. The summed E-state index contributed by atoms with van der Waals surface area (Å²) >= 11 is 0. The molecule has 27 heavy (non-hydrogen) atoms. The molecule has 9 heteroatoms. The van der Waals surface area contributed by atoms with Crippen molar-refractivity contribution in [3.8, 4) is 0 Å². The maximum absolute atomic E-state index is 12.8. The Kier molecular flexibility index (Phi) is 5.38. The molecule has 0 unspecified atom stereocenters. The van der Waals surface area contributed by atoms with Crippen LogP contribution in [0.5, 0.6) is 0 Å². The van der Waals surface area contributed by atoms with E-state index in [-0.39, 0.29) is 18.4 Å². The van der Waals surface area contributed by atoms with Crippen LogP contribution in [-0.4, -0.2) is 55.7 Å². The molecule has 1 fully saturated rings. The van der Waals surface area contributed by atoms with Crippen molar-refractivity contribution in [2.24, 2.45) is 0 Å². The SMILES string of the molecule is CC(C)(C)OC(=O)N1C[C@H](c2ccccc2)C[C@H]1C(=O)NCc1nn[nH]n1. The molecule has 2 atom stereocenters. The Bertz CT molecular complexity index is 772. The summed E-state index contributed by atoms with van der Waals surface area (Å²) in [6.07, 6.45) is 0.0436. The quantitative estimate of drug-likeness (QED) is 0.843. The maximum Gasteiger partial charge on any atom is 0.410 e. The first kappa shape index (κ1) is 18.8. The molecule has 2 N–H and O–H groups in total. The zero-order valence-electron chi connectivity index (χ0n) is 15.7. The van der Waals surface area contributed by atoms with Crippen LogP contribution in [0.1, 0.15) is 44.5 Å². The van der Waals surface area contributed by atoms with Gasteiger partial charge in [-0.05, 0) is 32.8 Å². The topological polar surface area (TPSA) is 113 Å². The second-order valence-corrected chi connectivity index (χ2v) is 7.54. The fourth-order valence-electron chi connectivity index (χ4n) is 3.11. The van der Waals surface area contributed by atoms with Gasteiger partial charge >= 0.3 is 6.09 Å². The van der Waals surface area contributed by atoms with Crippen LogP contribution in [0.4, 0.5) is 4.79 Å². The lowest BCUT2D eigenvalue weighted by Gasteiger charge is -2.28. The van der Waals surface area contributed by atoms with Gasteiger partial charge < -0.3 is 10.1 Å². The number of ether oxygens (including phenoxy) is 1. The zero-order valence-corrected chi connectivity index (χ0v) is 15.7. The van der Waals surface area contributed by atoms with E-state index in [0.29, 0.717) is 18.8 Å². The van der Waals surface area contributed by atoms with Crippen molar-refractivity contribution in [2.45, 2.75) is 51.3 Å². The van der Waals surface area contributed by atoms with Crippen molar-refractivity contribution in [1.82, 2.24) is 30.8 Å². The first-order chi connectivity index (χ1) is 12.8. The molecule has 0 spiro atoms. The number of nitrogens with zero attached hydrogens (tertiary/aromatic N) is 4. The number of H-pyrrole nitrogens is 1. The lowest BCUT2D eigenvalue weighted by molar-refractivity contribution is -0.125. The fraction of sp³-hybridized carbons (Fsp3) is 0.500. The van der Waals surface area contributed by atoms with Gasteiger partial charge in [0.1, 0.15) is 11.6 Å². The summed E-state index contributed by atoms with van der Waals surface area (Å²) in [5, 5.41) is 16.2.